The number of aromatic nitrogens is 2. The van der Waals surface area contributed by atoms with Gasteiger partial charge in [-0.05, 0) is 62.2 Å². The summed E-state index contributed by atoms with van der Waals surface area (Å²) in [5.41, 5.74) is 3.48. The van der Waals surface area contributed by atoms with Crippen LogP contribution in [0.4, 0.5) is 26.1 Å². The minimum atomic E-state index is -3.77. The SMILES string of the molecule is CC(C)N1CCS(=O)(=O)c2c(F)cc(-c3nc(Nc4ccc5c(c4)CNCC5)ncc3F)cc21. The van der Waals surface area contributed by atoms with Gasteiger partial charge >= 0.3 is 0 Å². The second kappa shape index (κ2) is 8.59. The number of nitrogens with zero attached hydrogens (tertiary/aromatic N) is 3. The first kappa shape index (κ1) is 22.7. The third-order valence-electron chi connectivity index (χ3n) is 6.24. The summed E-state index contributed by atoms with van der Waals surface area (Å²) in [6.07, 6.45) is 1.98. The van der Waals surface area contributed by atoms with Crippen LogP contribution in [0, 0.1) is 11.6 Å². The molecular weight excluding hydrogens is 460 g/mol. The molecule has 7 nitrogen and oxygen atoms in total. The average Bonchev–Trinajstić information content (AvgIpc) is 2.79. The molecule has 34 heavy (non-hydrogen) atoms. The molecule has 0 radical (unpaired) electrons. The van der Waals surface area contributed by atoms with Gasteiger partial charge in [0.25, 0.3) is 0 Å². The van der Waals surface area contributed by atoms with Gasteiger partial charge in [0.1, 0.15) is 16.4 Å². The van der Waals surface area contributed by atoms with Gasteiger partial charge in [-0.3, -0.25) is 0 Å². The van der Waals surface area contributed by atoms with Gasteiger partial charge in [-0.2, -0.15) is 0 Å². The van der Waals surface area contributed by atoms with Crippen LogP contribution in [0.15, 0.2) is 41.4 Å². The Kier molecular flexibility index (Phi) is 5.73. The number of hydrogen-bond acceptors (Lipinski definition) is 7. The molecule has 0 saturated heterocycles. The molecule has 0 amide bonds. The first-order valence-corrected chi connectivity index (χ1v) is 12.8. The topological polar surface area (TPSA) is 87.2 Å². The van der Waals surface area contributed by atoms with Gasteiger partial charge in [0.05, 0.1) is 17.6 Å². The van der Waals surface area contributed by atoms with Crippen LogP contribution in [0.2, 0.25) is 0 Å². The van der Waals surface area contributed by atoms with Crippen molar-refractivity contribution in [1.82, 2.24) is 15.3 Å². The molecule has 3 heterocycles. The lowest BCUT2D eigenvalue weighted by Crippen LogP contribution is -2.40. The highest BCUT2D eigenvalue weighted by atomic mass is 32.2. The van der Waals surface area contributed by atoms with Gasteiger partial charge < -0.3 is 15.5 Å². The Balaban J connectivity index is 1.54. The summed E-state index contributed by atoms with van der Waals surface area (Å²) in [6, 6.07) is 8.42. The number of anilines is 3. The largest absolute Gasteiger partial charge is 0.367 e. The van der Waals surface area contributed by atoms with Crippen LogP contribution < -0.4 is 15.5 Å². The van der Waals surface area contributed by atoms with Crippen molar-refractivity contribution in [3.8, 4) is 11.3 Å². The van der Waals surface area contributed by atoms with Crippen molar-refractivity contribution < 1.29 is 17.2 Å². The van der Waals surface area contributed by atoms with Crippen molar-refractivity contribution in [2.75, 3.05) is 29.1 Å². The summed E-state index contributed by atoms with van der Waals surface area (Å²) in [5.74, 6) is -1.64. The molecule has 2 aliphatic rings. The molecule has 0 spiro atoms. The van der Waals surface area contributed by atoms with E-state index in [2.05, 4.69) is 20.6 Å². The zero-order valence-corrected chi connectivity index (χ0v) is 19.7. The van der Waals surface area contributed by atoms with E-state index in [1.807, 2.05) is 36.9 Å². The lowest BCUT2D eigenvalue weighted by atomic mass is 10.0. The van der Waals surface area contributed by atoms with Crippen LogP contribution >= 0.6 is 0 Å². The molecule has 178 valence electrons. The second-order valence-corrected chi connectivity index (χ2v) is 10.9. The molecule has 10 heteroatoms. The molecule has 0 aliphatic carbocycles. The zero-order valence-electron chi connectivity index (χ0n) is 18.9. The molecule has 2 N–H and O–H groups in total. The van der Waals surface area contributed by atoms with E-state index in [4.69, 9.17) is 0 Å². The van der Waals surface area contributed by atoms with Crippen LogP contribution in [0.3, 0.4) is 0 Å². The molecule has 0 bridgehead atoms. The Hall–Kier alpha value is -3.11. The molecule has 3 aromatic rings. The summed E-state index contributed by atoms with van der Waals surface area (Å²) in [7, 11) is -3.77. The zero-order chi connectivity index (χ0) is 24.0. The molecule has 0 atom stereocenters. The average molecular weight is 486 g/mol. The fourth-order valence-corrected chi connectivity index (χ4v) is 6.02. The van der Waals surface area contributed by atoms with Crippen LogP contribution in [-0.4, -0.2) is 43.3 Å². The summed E-state index contributed by atoms with van der Waals surface area (Å²) < 4.78 is 55.0. The van der Waals surface area contributed by atoms with Crippen molar-refractivity contribution in [1.29, 1.82) is 0 Å². The summed E-state index contributed by atoms with van der Waals surface area (Å²) in [6.45, 7) is 5.74. The van der Waals surface area contributed by atoms with Crippen molar-refractivity contribution in [3.05, 3.63) is 59.3 Å². The van der Waals surface area contributed by atoms with Gasteiger partial charge in [0.2, 0.25) is 5.95 Å². The van der Waals surface area contributed by atoms with Gasteiger partial charge in [0.15, 0.2) is 15.7 Å². The lowest BCUT2D eigenvalue weighted by Gasteiger charge is -2.34. The Bertz CT molecular complexity index is 1380. The van der Waals surface area contributed by atoms with Gasteiger partial charge in [-0.25, -0.2) is 27.2 Å². The molecule has 2 aromatic carbocycles. The number of benzene rings is 2. The Morgan fingerprint density at radius 1 is 1.12 bits per heavy atom. The quantitative estimate of drug-likeness (QED) is 0.581. The maximum Gasteiger partial charge on any atom is 0.227 e. The van der Waals surface area contributed by atoms with E-state index in [-0.39, 0.29) is 46.1 Å². The van der Waals surface area contributed by atoms with Crippen LogP contribution in [0.5, 0.6) is 0 Å². The van der Waals surface area contributed by atoms with Crippen LogP contribution in [0.25, 0.3) is 11.3 Å². The van der Waals surface area contributed by atoms with Crippen molar-refractivity contribution >= 4 is 27.2 Å². The van der Waals surface area contributed by atoms with E-state index in [0.29, 0.717) is 0 Å². The molecular formula is C24H25F2N5O2S. The number of sulfone groups is 1. The maximum atomic E-state index is 15.1. The molecule has 0 fully saturated rings. The highest BCUT2D eigenvalue weighted by Crippen LogP contribution is 2.38. The first-order chi connectivity index (χ1) is 16.2. The third kappa shape index (κ3) is 4.12. The Labute approximate surface area is 197 Å². The third-order valence-corrected chi connectivity index (χ3v) is 7.98. The van der Waals surface area contributed by atoms with E-state index in [1.165, 1.54) is 17.2 Å². The number of halogens is 2. The molecule has 5 rings (SSSR count). The van der Waals surface area contributed by atoms with Gasteiger partial charge in [-0.15, -0.1) is 0 Å². The summed E-state index contributed by atoms with van der Waals surface area (Å²) >= 11 is 0. The normalized spacial score (nSPS) is 16.8. The van der Waals surface area contributed by atoms with E-state index < -0.39 is 21.5 Å². The first-order valence-electron chi connectivity index (χ1n) is 11.2. The number of fused-ring (bicyclic) bond motifs is 2. The smallest absolute Gasteiger partial charge is 0.227 e. The van der Waals surface area contributed by atoms with Gasteiger partial charge in [0, 0.05) is 30.4 Å². The van der Waals surface area contributed by atoms with Crippen molar-refractivity contribution in [2.45, 2.75) is 37.8 Å². The fourth-order valence-electron chi connectivity index (χ4n) is 4.53. The highest BCUT2D eigenvalue weighted by molar-refractivity contribution is 7.91. The van der Waals surface area contributed by atoms with Crippen LogP contribution in [-0.2, 0) is 22.8 Å². The van der Waals surface area contributed by atoms with E-state index >= 15 is 4.39 Å². The minimum absolute atomic E-state index is 0.0603. The number of nitrogens with one attached hydrogen (secondary N) is 2. The van der Waals surface area contributed by atoms with E-state index in [1.54, 1.807) is 0 Å². The van der Waals surface area contributed by atoms with Crippen molar-refractivity contribution in [3.63, 3.8) is 0 Å². The Morgan fingerprint density at radius 3 is 2.74 bits per heavy atom. The van der Waals surface area contributed by atoms with Crippen molar-refractivity contribution in [2.24, 2.45) is 0 Å². The molecule has 0 unspecified atom stereocenters. The molecule has 0 saturated carbocycles. The highest BCUT2D eigenvalue weighted by Gasteiger charge is 2.33. The molecule has 2 aliphatic heterocycles. The minimum Gasteiger partial charge on any atom is -0.367 e. The maximum absolute atomic E-state index is 15.1. The number of hydrogen-bond donors (Lipinski definition) is 2. The monoisotopic (exact) mass is 485 g/mol. The Morgan fingerprint density at radius 2 is 1.94 bits per heavy atom. The van der Waals surface area contributed by atoms with E-state index in [0.717, 1.165) is 37.5 Å². The molecule has 1 aromatic heterocycles. The second-order valence-electron chi connectivity index (χ2n) is 8.84. The van der Waals surface area contributed by atoms with Gasteiger partial charge in [-0.1, -0.05) is 6.07 Å². The summed E-state index contributed by atoms with van der Waals surface area (Å²) in [5, 5.41) is 6.42. The standard InChI is InChI=1S/C24H25F2N5O2S/c1-14(2)31-7-8-34(32,33)23-19(25)10-16(11-21(23)31)22-20(26)13-28-24(30-22)29-18-4-3-15-5-6-27-12-17(15)9-18/h3-4,9-11,13-14,27H,5-8,12H2,1-2H3,(H,28,29,30). The fraction of sp³-hybridized carbons (Fsp3) is 0.333. The lowest BCUT2D eigenvalue weighted by molar-refractivity contribution is 0.553. The van der Waals surface area contributed by atoms with E-state index in [9.17, 15) is 12.8 Å². The predicted molar refractivity (Wildman–Crippen MR) is 127 cm³/mol. The van der Waals surface area contributed by atoms with Crippen LogP contribution in [0.1, 0.15) is 25.0 Å². The number of rotatable bonds is 4. The predicted octanol–water partition coefficient (Wildman–Crippen LogP) is 3.81. The summed E-state index contributed by atoms with van der Waals surface area (Å²) in [4.78, 5) is 9.80.